The van der Waals surface area contributed by atoms with E-state index in [-0.39, 0.29) is 24.0 Å². The molecule has 0 aliphatic carbocycles. The molecule has 0 fully saturated rings. The lowest BCUT2D eigenvalue weighted by atomic mass is 9.99. The summed E-state index contributed by atoms with van der Waals surface area (Å²) in [6.07, 6.45) is 3.68. The first-order valence-corrected chi connectivity index (χ1v) is 10.5. The predicted octanol–water partition coefficient (Wildman–Crippen LogP) is 3.14. The van der Waals surface area contributed by atoms with Gasteiger partial charge in [-0.15, -0.1) is 24.0 Å². The smallest absolute Gasteiger partial charge is 0.191 e. The van der Waals surface area contributed by atoms with Gasteiger partial charge in [-0.3, -0.25) is 9.89 Å². The maximum Gasteiger partial charge on any atom is 0.191 e. The van der Waals surface area contributed by atoms with Gasteiger partial charge in [0, 0.05) is 46.0 Å². The molecule has 0 unspecified atom stereocenters. The van der Waals surface area contributed by atoms with Crippen molar-refractivity contribution in [2.45, 2.75) is 19.4 Å². The summed E-state index contributed by atoms with van der Waals surface area (Å²) in [5.41, 5.74) is 3.78. The van der Waals surface area contributed by atoms with Crippen LogP contribution in [0.5, 0.6) is 11.5 Å². The summed E-state index contributed by atoms with van der Waals surface area (Å²) in [6, 6.07) is 8.00. The summed E-state index contributed by atoms with van der Waals surface area (Å²) in [7, 11) is 5.14. The number of hydrogen-bond acceptors (Lipinski definition) is 5. The summed E-state index contributed by atoms with van der Waals surface area (Å²) >= 11 is 5.82. The second-order valence-corrected chi connectivity index (χ2v) is 7.55. The van der Waals surface area contributed by atoms with Crippen molar-refractivity contribution in [1.29, 1.82) is 0 Å². The molecule has 9 heteroatoms. The van der Waals surface area contributed by atoms with E-state index in [2.05, 4.69) is 37.6 Å². The molecule has 0 amide bonds. The SMILES string of the molecule is CN=C(NCCc1ccc(Cl)nc1)NCCN1CCc2cc(OC)c(OC)cc2C1.I. The lowest BCUT2D eigenvalue weighted by molar-refractivity contribution is 0.256. The fraction of sp³-hybridized carbons (Fsp3) is 0.455. The number of aliphatic imine (C=N–C) groups is 1. The first kappa shape index (κ1) is 25.5. The largest absolute Gasteiger partial charge is 0.493 e. The Morgan fingerprint density at radius 1 is 1.13 bits per heavy atom. The van der Waals surface area contributed by atoms with Gasteiger partial charge in [-0.2, -0.15) is 0 Å². The lowest BCUT2D eigenvalue weighted by Gasteiger charge is -2.29. The zero-order chi connectivity index (χ0) is 21.3. The van der Waals surface area contributed by atoms with Crippen LogP contribution < -0.4 is 20.1 Å². The molecule has 0 saturated heterocycles. The van der Waals surface area contributed by atoms with Crippen molar-refractivity contribution in [2.75, 3.05) is 47.4 Å². The van der Waals surface area contributed by atoms with Crippen LogP contribution in [-0.2, 0) is 19.4 Å². The Morgan fingerprint density at radius 3 is 2.48 bits per heavy atom. The van der Waals surface area contributed by atoms with Gasteiger partial charge in [-0.05, 0) is 47.7 Å². The molecule has 0 spiro atoms. The molecule has 0 bridgehead atoms. The van der Waals surface area contributed by atoms with Gasteiger partial charge < -0.3 is 20.1 Å². The van der Waals surface area contributed by atoms with E-state index >= 15 is 0 Å². The van der Waals surface area contributed by atoms with Gasteiger partial charge in [0.15, 0.2) is 17.5 Å². The quantitative estimate of drug-likeness (QED) is 0.224. The van der Waals surface area contributed by atoms with Crippen LogP contribution in [0, 0.1) is 0 Å². The maximum absolute atomic E-state index is 5.82. The van der Waals surface area contributed by atoms with Crippen molar-refractivity contribution in [3.05, 3.63) is 52.3 Å². The number of nitrogens with zero attached hydrogens (tertiary/aromatic N) is 3. The van der Waals surface area contributed by atoms with Crippen LogP contribution in [0.2, 0.25) is 5.15 Å². The van der Waals surface area contributed by atoms with Crippen LogP contribution in [0.25, 0.3) is 0 Å². The topological polar surface area (TPSA) is 71.0 Å². The summed E-state index contributed by atoms with van der Waals surface area (Å²) in [4.78, 5) is 10.8. The number of pyridine rings is 1. The van der Waals surface area contributed by atoms with Crippen molar-refractivity contribution in [2.24, 2.45) is 4.99 Å². The molecule has 1 aromatic carbocycles. The third-order valence-corrected chi connectivity index (χ3v) is 5.46. The maximum atomic E-state index is 5.82. The third kappa shape index (κ3) is 7.40. The van der Waals surface area contributed by atoms with Crippen LogP contribution in [0.15, 0.2) is 35.5 Å². The summed E-state index contributed by atoms with van der Waals surface area (Å²) < 4.78 is 10.9. The van der Waals surface area contributed by atoms with E-state index in [1.807, 2.05) is 12.1 Å². The third-order valence-electron chi connectivity index (χ3n) is 5.24. The minimum atomic E-state index is 0. The molecule has 2 heterocycles. The Labute approximate surface area is 206 Å². The number of rotatable bonds is 8. The molecule has 0 atom stereocenters. The Bertz CT molecular complexity index is 864. The standard InChI is InChI=1S/C22H30ClN5O2.HI/c1-24-22(25-8-6-16-4-5-21(23)27-14-16)26-9-11-28-10-7-17-12-19(29-2)20(30-3)13-18(17)15-28;/h4-5,12-14H,6-11,15H2,1-3H3,(H2,24,25,26);1H. The number of methoxy groups -OCH3 is 2. The van der Waals surface area contributed by atoms with E-state index in [9.17, 15) is 0 Å². The highest BCUT2D eigenvalue weighted by molar-refractivity contribution is 14.0. The van der Waals surface area contributed by atoms with E-state index in [1.54, 1.807) is 27.5 Å². The van der Waals surface area contributed by atoms with Gasteiger partial charge in [-0.25, -0.2) is 4.98 Å². The fourth-order valence-electron chi connectivity index (χ4n) is 3.57. The fourth-order valence-corrected chi connectivity index (χ4v) is 3.68. The number of ether oxygens (including phenoxy) is 2. The highest BCUT2D eigenvalue weighted by atomic mass is 127. The van der Waals surface area contributed by atoms with Crippen molar-refractivity contribution >= 4 is 41.5 Å². The van der Waals surface area contributed by atoms with Crippen molar-refractivity contribution in [1.82, 2.24) is 20.5 Å². The van der Waals surface area contributed by atoms with Gasteiger partial charge >= 0.3 is 0 Å². The molecule has 0 radical (unpaired) electrons. The molecule has 2 N–H and O–H groups in total. The Balaban J connectivity index is 0.00000341. The summed E-state index contributed by atoms with van der Waals surface area (Å²) in [6.45, 7) is 4.48. The average Bonchev–Trinajstić information content (AvgIpc) is 2.78. The zero-order valence-electron chi connectivity index (χ0n) is 18.3. The minimum absolute atomic E-state index is 0. The number of fused-ring (bicyclic) bond motifs is 1. The highest BCUT2D eigenvalue weighted by Gasteiger charge is 2.19. The van der Waals surface area contributed by atoms with Gasteiger partial charge in [-0.1, -0.05) is 17.7 Å². The van der Waals surface area contributed by atoms with E-state index in [1.165, 1.54) is 11.1 Å². The molecule has 1 aliphatic heterocycles. The van der Waals surface area contributed by atoms with E-state index in [0.29, 0.717) is 5.15 Å². The van der Waals surface area contributed by atoms with Crippen LogP contribution in [0.4, 0.5) is 0 Å². The number of hydrogen-bond donors (Lipinski definition) is 2. The van der Waals surface area contributed by atoms with Crippen molar-refractivity contribution in [3.8, 4) is 11.5 Å². The first-order chi connectivity index (χ1) is 14.6. The Hall–Kier alpha value is -1.78. The number of nitrogens with one attached hydrogen (secondary N) is 2. The van der Waals surface area contributed by atoms with Gasteiger partial charge in [0.1, 0.15) is 5.15 Å². The molecular formula is C22H31ClIN5O2. The molecule has 0 saturated carbocycles. The molecule has 1 aromatic heterocycles. The molecule has 31 heavy (non-hydrogen) atoms. The predicted molar refractivity (Wildman–Crippen MR) is 136 cm³/mol. The summed E-state index contributed by atoms with van der Waals surface area (Å²) in [5, 5.41) is 7.25. The molecule has 2 aromatic rings. The second kappa shape index (κ2) is 12.9. The summed E-state index contributed by atoms with van der Waals surface area (Å²) in [5.74, 6) is 2.40. The van der Waals surface area contributed by atoms with Gasteiger partial charge in [0.2, 0.25) is 0 Å². The molecule has 7 nitrogen and oxygen atoms in total. The van der Waals surface area contributed by atoms with Crippen LogP contribution in [-0.4, -0.2) is 63.3 Å². The Morgan fingerprint density at radius 2 is 1.84 bits per heavy atom. The van der Waals surface area contributed by atoms with E-state index in [0.717, 1.165) is 68.6 Å². The van der Waals surface area contributed by atoms with Gasteiger partial charge in [0.25, 0.3) is 0 Å². The monoisotopic (exact) mass is 559 g/mol. The number of guanidine groups is 1. The second-order valence-electron chi connectivity index (χ2n) is 7.17. The van der Waals surface area contributed by atoms with Crippen LogP contribution in [0.3, 0.4) is 0 Å². The van der Waals surface area contributed by atoms with Crippen molar-refractivity contribution in [3.63, 3.8) is 0 Å². The molecule has 3 rings (SSSR count). The van der Waals surface area contributed by atoms with Crippen LogP contribution >= 0.6 is 35.6 Å². The first-order valence-electron chi connectivity index (χ1n) is 10.1. The molecule has 170 valence electrons. The molecular weight excluding hydrogens is 529 g/mol. The molecule has 1 aliphatic rings. The average molecular weight is 560 g/mol. The van der Waals surface area contributed by atoms with Gasteiger partial charge in [0.05, 0.1) is 14.2 Å². The van der Waals surface area contributed by atoms with E-state index in [4.69, 9.17) is 21.1 Å². The number of halogens is 2. The van der Waals surface area contributed by atoms with Crippen molar-refractivity contribution < 1.29 is 9.47 Å². The normalized spacial score (nSPS) is 13.7. The van der Waals surface area contributed by atoms with Crippen LogP contribution in [0.1, 0.15) is 16.7 Å². The number of benzene rings is 1. The number of aromatic nitrogens is 1. The minimum Gasteiger partial charge on any atom is -0.493 e. The highest BCUT2D eigenvalue weighted by Crippen LogP contribution is 2.33. The lowest BCUT2D eigenvalue weighted by Crippen LogP contribution is -2.43. The van der Waals surface area contributed by atoms with E-state index < -0.39 is 0 Å². The Kier molecular flexibility index (Phi) is 10.6. The zero-order valence-corrected chi connectivity index (χ0v) is 21.4.